The minimum absolute atomic E-state index is 0.208. The second-order valence-corrected chi connectivity index (χ2v) is 15.9. The molecule has 0 saturated heterocycles. The number of allylic oxidation sites excluding steroid dienone is 2. The third-order valence-electron chi connectivity index (χ3n) is 12.7. The van der Waals surface area contributed by atoms with Gasteiger partial charge in [-0.3, -0.25) is 0 Å². The molecule has 1 aliphatic carbocycles. The standard InChI is InChI=1S/C55H39N3/c1-55-32-31-40(36-49(55)45-22-12-14-24-54(45)58(55)43-19-9-4-10-20-43)39-27-30-53-48(35-39)47-34-38(26-29-52(47)57(53)42-17-7-3-8-18-42)37-25-28-51-46(33-37)44-21-11-13-23-50(44)56(51)41-15-5-2-6-16-41/h2-36,49H,1H3. The summed E-state index contributed by atoms with van der Waals surface area (Å²) in [7, 11) is 0. The summed E-state index contributed by atoms with van der Waals surface area (Å²) in [6.45, 7) is 2.38. The van der Waals surface area contributed by atoms with Gasteiger partial charge in [-0.15, -0.1) is 0 Å². The first-order chi connectivity index (χ1) is 28.6. The van der Waals surface area contributed by atoms with Crippen molar-refractivity contribution in [1.82, 2.24) is 9.13 Å². The van der Waals surface area contributed by atoms with Crippen LogP contribution in [0.1, 0.15) is 24.0 Å². The van der Waals surface area contributed by atoms with Crippen LogP contribution in [0.2, 0.25) is 0 Å². The highest BCUT2D eigenvalue weighted by Crippen LogP contribution is 2.55. The van der Waals surface area contributed by atoms with Gasteiger partial charge in [0.1, 0.15) is 0 Å². The van der Waals surface area contributed by atoms with Crippen molar-refractivity contribution in [3.8, 4) is 22.5 Å². The van der Waals surface area contributed by atoms with E-state index in [9.17, 15) is 0 Å². The molecule has 0 N–H and O–H groups in total. The third kappa shape index (κ3) is 4.80. The van der Waals surface area contributed by atoms with E-state index in [2.05, 4.69) is 233 Å². The van der Waals surface area contributed by atoms with Crippen LogP contribution in [0.15, 0.2) is 212 Å². The quantitative estimate of drug-likeness (QED) is 0.171. The van der Waals surface area contributed by atoms with Crippen LogP contribution in [0.3, 0.4) is 0 Å². The largest absolute Gasteiger partial charge is 0.331 e. The number of hydrogen-bond acceptors (Lipinski definition) is 1. The average Bonchev–Trinajstić information content (AvgIpc) is 3.89. The molecule has 12 rings (SSSR count). The minimum Gasteiger partial charge on any atom is -0.331 e. The fourth-order valence-corrected chi connectivity index (χ4v) is 10.0. The maximum Gasteiger partial charge on any atom is 0.0712 e. The molecule has 0 radical (unpaired) electrons. The molecule has 58 heavy (non-hydrogen) atoms. The van der Waals surface area contributed by atoms with Gasteiger partial charge < -0.3 is 14.0 Å². The summed E-state index contributed by atoms with van der Waals surface area (Å²) in [4.78, 5) is 2.52. The molecule has 0 spiro atoms. The van der Waals surface area contributed by atoms with Gasteiger partial charge in [-0.2, -0.15) is 0 Å². The number of rotatable bonds is 5. The van der Waals surface area contributed by atoms with E-state index in [0.29, 0.717) is 0 Å². The van der Waals surface area contributed by atoms with Crippen LogP contribution in [-0.4, -0.2) is 14.7 Å². The first-order valence-electron chi connectivity index (χ1n) is 20.2. The third-order valence-corrected chi connectivity index (χ3v) is 12.7. The molecule has 0 saturated carbocycles. The topological polar surface area (TPSA) is 13.1 Å². The van der Waals surface area contributed by atoms with Crippen molar-refractivity contribution >= 4 is 60.6 Å². The first kappa shape index (κ1) is 32.8. The summed E-state index contributed by atoms with van der Waals surface area (Å²) < 4.78 is 4.80. The minimum atomic E-state index is -0.217. The Morgan fingerprint density at radius 1 is 0.414 bits per heavy atom. The highest BCUT2D eigenvalue weighted by atomic mass is 15.2. The molecule has 3 heteroatoms. The van der Waals surface area contributed by atoms with Crippen LogP contribution in [0, 0.1) is 0 Å². The van der Waals surface area contributed by atoms with Gasteiger partial charge in [-0.25, -0.2) is 0 Å². The summed E-state index contributed by atoms with van der Waals surface area (Å²) in [5, 5.41) is 5.02. The highest BCUT2D eigenvalue weighted by molar-refractivity contribution is 6.13. The molecule has 274 valence electrons. The fraction of sp³-hybridized carbons (Fsp3) is 0.0545. The molecule has 3 nitrogen and oxygen atoms in total. The van der Waals surface area contributed by atoms with Crippen molar-refractivity contribution in [3.63, 3.8) is 0 Å². The predicted molar refractivity (Wildman–Crippen MR) is 244 cm³/mol. The van der Waals surface area contributed by atoms with Crippen LogP contribution >= 0.6 is 0 Å². The number of aromatic nitrogens is 2. The maximum atomic E-state index is 2.52. The molecule has 2 aromatic heterocycles. The smallest absolute Gasteiger partial charge is 0.0712 e. The van der Waals surface area contributed by atoms with Gasteiger partial charge >= 0.3 is 0 Å². The number of benzene rings is 8. The van der Waals surface area contributed by atoms with Crippen molar-refractivity contribution in [2.24, 2.45) is 0 Å². The lowest BCUT2D eigenvalue weighted by Gasteiger charge is -2.40. The van der Waals surface area contributed by atoms with Gasteiger partial charge in [0.05, 0.1) is 27.6 Å². The van der Waals surface area contributed by atoms with Gasteiger partial charge in [-0.1, -0.05) is 127 Å². The molecule has 2 unspecified atom stereocenters. The van der Waals surface area contributed by atoms with Crippen LogP contribution in [-0.2, 0) is 0 Å². The van der Waals surface area contributed by atoms with E-state index >= 15 is 0 Å². The normalized spacial score (nSPS) is 17.3. The number of para-hydroxylation sites is 5. The predicted octanol–water partition coefficient (Wildman–Crippen LogP) is 14.2. The van der Waals surface area contributed by atoms with E-state index in [1.807, 2.05) is 0 Å². The van der Waals surface area contributed by atoms with E-state index in [1.54, 1.807) is 0 Å². The van der Waals surface area contributed by atoms with Crippen molar-refractivity contribution < 1.29 is 0 Å². The Morgan fingerprint density at radius 2 is 0.879 bits per heavy atom. The van der Waals surface area contributed by atoms with Crippen LogP contribution in [0.5, 0.6) is 0 Å². The fourth-order valence-electron chi connectivity index (χ4n) is 10.0. The van der Waals surface area contributed by atoms with Crippen LogP contribution in [0.25, 0.3) is 71.7 Å². The average molecular weight is 742 g/mol. The lowest BCUT2D eigenvalue weighted by molar-refractivity contribution is 0.544. The van der Waals surface area contributed by atoms with Crippen LogP contribution in [0.4, 0.5) is 11.4 Å². The molecular weight excluding hydrogens is 703 g/mol. The van der Waals surface area contributed by atoms with Gasteiger partial charge in [0.25, 0.3) is 0 Å². The van der Waals surface area contributed by atoms with Gasteiger partial charge in [-0.05, 0) is 120 Å². The Labute approximate surface area is 337 Å². The molecule has 3 heterocycles. The van der Waals surface area contributed by atoms with E-state index in [-0.39, 0.29) is 11.5 Å². The Hall–Kier alpha value is -7.36. The molecular formula is C55H39N3. The van der Waals surface area contributed by atoms with Crippen molar-refractivity contribution in [2.75, 3.05) is 4.90 Å². The number of fused-ring (bicyclic) bond motifs is 9. The van der Waals surface area contributed by atoms with Crippen molar-refractivity contribution in [1.29, 1.82) is 0 Å². The summed E-state index contributed by atoms with van der Waals surface area (Å²) in [5.41, 5.74) is 15.7. The summed E-state index contributed by atoms with van der Waals surface area (Å²) in [6.07, 6.45) is 7.29. The highest BCUT2D eigenvalue weighted by Gasteiger charge is 2.47. The Bertz CT molecular complexity index is 3290. The first-order valence-corrected chi connectivity index (χ1v) is 20.2. The molecule has 8 aromatic carbocycles. The van der Waals surface area contributed by atoms with E-state index in [1.165, 1.54) is 88.5 Å². The Kier molecular flexibility index (Phi) is 7.12. The maximum absolute atomic E-state index is 2.52. The number of nitrogens with zero attached hydrogens (tertiary/aromatic N) is 3. The second-order valence-electron chi connectivity index (χ2n) is 15.9. The lowest BCUT2D eigenvalue weighted by Crippen LogP contribution is -2.42. The van der Waals surface area contributed by atoms with Gasteiger partial charge in [0, 0.05) is 50.2 Å². The van der Waals surface area contributed by atoms with E-state index < -0.39 is 0 Å². The Morgan fingerprint density at radius 3 is 1.50 bits per heavy atom. The zero-order valence-electron chi connectivity index (χ0n) is 32.1. The molecule has 2 aliphatic rings. The van der Waals surface area contributed by atoms with Crippen molar-refractivity contribution in [2.45, 2.75) is 18.4 Å². The zero-order valence-corrected chi connectivity index (χ0v) is 32.1. The zero-order chi connectivity index (χ0) is 38.4. The summed E-state index contributed by atoms with van der Waals surface area (Å²) in [5.74, 6) is 0.208. The molecule has 0 amide bonds. The van der Waals surface area contributed by atoms with Crippen molar-refractivity contribution in [3.05, 3.63) is 223 Å². The summed E-state index contributed by atoms with van der Waals surface area (Å²) in [6, 6.07) is 71.0. The van der Waals surface area contributed by atoms with Gasteiger partial charge in [0.15, 0.2) is 0 Å². The lowest BCUT2D eigenvalue weighted by atomic mass is 9.77. The van der Waals surface area contributed by atoms with Gasteiger partial charge in [0.2, 0.25) is 0 Å². The number of hydrogen-bond donors (Lipinski definition) is 0. The second kappa shape index (κ2) is 12.6. The molecule has 2 atom stereocenters. The SMILES string of the molecule is CC12C=CC(c3ccc4c(c3)c3cc(-c5ccc6c(c5)c5ccccc5n6-c5ccccc5)ccc3n4-c3ccccc3)=CC1c1ccccc1N2c1ccccc1. The summed E-state index contributed by atoms with van der Waals surface area (Å²) >= 11 is 0. The van der Waals surface area contributed by atoms with Crippen LogP contribution < -0.4 is 4.90 Å². The molecule has 10 aromatic rings. The monoisotopic (exact) mass is 741 g/mol. The van der Waals surface area contributed by atoms with E-state index in [0.717, 1.165) is 5.69 Å². The Balaban J connectivity index is 1.02. The number of anilines is 2. The molecule has 1 aliphatic heterocycles. The molecule has 0 fully saturated rings. The van der Waals surface area contributed by atoms with E-state index in [4.69, 9.17) is 0 Å². The molecule has 0 bridgehead atoms.